The molecule has 0 bridgehead atoms. The molecule has 6 nitrogen and oxygen atoms in total. The number of hydrogen-bond donors (Lipinski definition) is 3. The first-order valence-electron chi connectivity index (χ1n) is 7.22. The van der Waals surface area contributed by atoms with Crippen LogP contribution in [0.5, 0.6) is 0 Å². The topological polar surface area (TPSA) is 91.3 Å². The Hall–Kier alpha value is -1.63. The first-order chi connectivity index (χ1) is 10.1. The average Bonchev–Trinajstić information content (AvgIpc) is 2.95. The van der Waals surface area contributed by atoms with Gasteiger partial charge >= 0.3 is 12.0 Å². The van der Waals surface area contributed by atoms with Crippen LogP contribution in [-0.2, 0) is 11.3 Å². The molecule has 1 rings (SSSR count). The van der Waals surface area contributed by atoms with E-state index >= 15 is 0 Å². The van der Waals surface area contributed by atoms with Crippen molar-refractivity contribution >= 4 is 23.3 Å². The van der Waals surface area contributed by atoms with Crippen LogP contribution in [0.25, 0.3) is 0 Å². The monoisotopic (exact) mass is 313 g/mol. The summed E-state index contributed by atoms with van der Waals surface area (Å²) < 4.78 is 0. The number of aliphatic carboxylic acids is 1. The predicted octanol–water partition coefficient (Wildman–Crippen LogP) is 2.61. The number of carboxylic acids is 1. The largest absolute Gasteiger partial charge is 0.481 e. The van der Waals surface area contributed by atoms with Crippen LogP contribution in [0, 0.1) is 5.92 Å². The number of carbonyl (C=O) groups is 2. The Morgan fingerprint density at radius 1 is 1.33 bits per heavy atom. The molecule has 0 spiro atoms. The van der Waals surface area contributed by atoms with Gasteiger partial charge in [0.25, 0.3) is 0 Å². The highest BCUT2D eigenvalue weighted by Gasteiger charge is 2.10. The number of rotatable bonds is 10. The fourth-order valence-corrected chi connectivity index (χ4v) is 2.65. The summed E-state index contributed by atoms with van der Waals surface area (Å²) in [5.74, 6) is -0.403. The van der Waals surface area contributed by atoms with Crippen molar-refractivity contribution in [3.8, 4) is 0 Å². The minimum atomic E-state index is -0.758. The fraction of sp³-hybridized carbons (Fsp3) is 0.643. The highest BCUT2D eigenvalue weighted by molar-refractivity contribution is 7.09. The highest BCUT2D eigenvalue weighted by Crippen LogP contribution is 2.17. The van der Waals surface area contributed by atoms with Gasteiger partial charge in [-0.3, -0.25) is 9.78 Å². The maximum absolute atomic E-state index is 11.6. The van der Waals surface area contributed by atoms with E-state index in [1.165, 1.54) is 11.3 Å². The third-order valence-corrected chi connectivity index (χ3v) is 3.99. The Balaban J connectivity index is 2.16. The van der Waals surface area contributed by atoms with Gasteiger partial charge < -0.3 is 15.7 Å². The number of carbonyl (C=O) groups excluding carboxylic acids is 1. The van der Waals surface area contributed by atoms with Crippen LogP contribution < -0.4 is 10.6 Å². The summed E-state index contributed by atoms with van der Waals surface area (Å²) in [6.07, 6.45) is 5.44. The lowest BCUT2D eigenvalue weighted by atomic mass is 9.94. The molecule has 0 fully saturated rings. The van der Waals surface area contributed by atoms with Crippen molar-refractivity contribution in [3.05, 3.63) is 16.6 Å². The van der Waals surface area contributed by atoms with Crippen molar-refractivity contribution < 1.29 is 14.7 Å². The predicted molar refractivity (Wildman–Crippen MR) is 82.2 cm³/mol. The zero-order valence-electron chi connectivity index (χ0n) is 12.3. The van der Waals surface area contributed by atoms with E-state index < -0.39 is 5.97 Å². The summed E-state index contributed by atoms with van der Waals surface area (Å²) in [6, 6.07) is -0.197. The Labute approximate surface area is 129 Å². The van der Waals surface area contributed by atoms with E-state index in [1.807, 2.05) is 0 Å². The molecular formula is C14H23N3O3S. The van der Waals surface area contributed by atoms with Crippen LogP contribution in [0.15, 0.2) is 11.7 Å². The molecular weight excluding hydrogens is 290 g/mol. The van der Waals surface area contributed by atoms with Gasteiger partial charge in [-0.2, -0.15) is 0 Å². The van der Waals surface area contributed by atoms with E-state index in [1.54, 1.807) is 11.7 Å². The molecule has 21 heavy (non-hydrogen) atoms. The van der Waals surface area contributed by atoms with Crippen molar-refractivity contribution in [2.24, 2.45) is 5.92 Å². The number of hydrogen-bond acceptors (Lipinski definition) is 4. The second-order valence-corrected chi connectivity index (χ2v) is 5.92. The maximum atomic E-state index is 11.6. The third-order valence-electron chi connectivity index (χ3n) is 3.21. The van der Waals surface area contributed by atoms with Gasteiger partial charge in [-0.15, -0.1) is 11.3 Å². The summed E-state index contributed by atoms with van der Waals surface area (Å²) in [5.41, 5.74) is 1.73. The van der Waals surface area contributed by atoms with Crippen LogP contribution in [-0.4, -0.2) is 28.6 Å². The van der Waals surface area contributed by atoms with E-state index in [0.717, 1.165) is 24.1 Å². The lowest BCUT2D eigenvalue weighted by Crippen LogP contribution is -2.36. The summed E-state index contributed by atoms with van der Waals surface area (Å²) in [4.78, 5) is 27.2. The molecule has 0 aliphatic carbocycles. The summed E-state index contributed by atoms with van der Waals surface area (Å²) >= 11 is 1.50. The van der Waals surface area contributed by atoms with Gasteiger partial charge in [-0.25, -0.2) is 4.79 Å². The molecule has 3 N–H and O–H groups in total. The lowest BCUT2D eigenvalue weighted by Gasteiger charge is -2.15. The van der Waals surface area contributed by atoms with Gasteiger partial charge in [-0.1, -0.05) is 19.8 Å². The van der Waals surface area contributed by atoms with E-state index in [0.29, 0.717) is 25.4 Å². The van der Waals surface area contributed by atoms with E-state index in [4.69, 9.17) is 5.11 Å². The molecule has 0 saturated heterocycles. The first kappa shape index (κ1) is 17.4. The van der Waals surface area contributed by atoms with Crippen LogP contribution in [0.3, 0.4) is 0 Å². The molecule has 1 aromatic heterocycles. The van der Waals surface area contributed by atoms with Crippen LogP contribution >= 0.6 is 11.3 Å². The summed E-state index contributed by atoms with van der Waals surface area (Å²) in [5, 5.41) is 14.3. The Bertz CT molecular complexity index is 423. The number of carboxylic acid groups (broad SMARTS) is 1. The van der Waals surface area contributed by atoms with Gasteiger partial charge in [-0.05, 0) is 18.8 Å². The number of nitrogens with one attached hydrogen (secondary N) is 2. The Kier molecular flexibility index (Phi) is 8.42. The summed E-state index contributed by atoms with van der Waals surface area (Å²) in [6.45, 7) is 3.13. The van der Waals surface area contributed by atoms with Crippen molar-refractivity contribution in [2.45, 2.75) is 45.6 Å². The minimum absolute atomic E-state index is 0.197. The molecule has 118 valence electrons. The Morgan fingerprint density at radius 2 is 2.14 bits per heavy atom. The smallest absolute Gasteiger partial charge is 0.315 e. The van der Waals surface area contributed by atoms with Gasteiger partial charge in [0, 0.05) is 24.0 Å². The second-order valence-electron chi connectivity index (χ2n) is 4.95. The van der Waals surface area contributed by atoms with E-state index in [9.17, 15) is 9.59 Å². The standard InChI is InChI=1S/C14H23N3O3S/c1-2-3-11(4-5-13(18)19)6-7-16-14(20)17-9-12-8-15-10-21-12/h8,10-11H,2-7,9H2,1H3,(H,18,19)(H2,16,17,20). The highest BCUT2D eigenvalue weighted by atomic mass is 32.1. The molecule has 0 saturated carbocycles. The molecule has 1 aromatic rings. The molecule has 7 heteroatoms. The quantitative estimate of drug-likeness (QED) is 0.619. The number of aromatic nitrogens is 1. The molecule has 0 aromatic carbocycles. The van der Waals surface area contributed by atoms with Gasteiger partial charge in [0.1, 0.15) is 0 Å². The molecule has 0 aliphatic heterocycles. The average molecular weight is 313 g/mol. The molecule has 0 aliphatic rings. The zero-order valence-corrected chi connectivity index (χ0v) is 13.1. The lowest BCUT2D eigenvalue weighted by molar-refractivity contribution is -0.137. The van der Waals surface area contributed by atoms with E-state index in [-0.39, 0.29) is 12.5 Å². The first-order valence-corrected chi connectivity index (χ1v) is 8.10. The van der Waals surface area contributed by atoms with Crippen molar-refractivity contribution in [1.29, 1.82) is 0 Å². The molecule has 1 atom stereocenters. The second kappa shape index (κ2) is 10.1. The molecule has 2 amide bonds. The van der Waals surface area contributed by atoms with E-state index in [2.05, 4.69) is 22.5 Å². The van der Waals surface area contributed by atoms with Gasteiger partial charge in [0.05, 0.1) is 12.1 Å². The van der Waals surface area contributed by atoms with Gasteiger partial charge in [0.15, 0.2) is 0 Å². The number of thiazole rings is 1. The third kappa shape index (κ3) is 8.29. The molecule has 1 heterocycles. The summed E-state index contributed by atoms with van der Waals surface area (Å²) in [7, 11) is 0. The van der Waals surface area contributed by atoms with Crippen molar-refractivity contribution in [2.75, 3.05) is 6.54 Å². The van der Waals surface area contributed by atoms with Gasteiger partial charge in [0.2, 0.25) is 0 Å². The Morgan fingerprint density at radius 3 is 2.76 bits per heavy atom. The number of amides is 2. The van der Waals surface area contributed by atoms with Crippen LogP contribution in [0.4, 0.5) is 4.79 Å². The normalized spacial score (nSPS) is 11.9. The van der Waals surface area contributed by atoms with Crippen molar-refractivity contribution in [3.63, 3.8) is 0 Å². The minimum Gasteiger partial charge on any atom is -0.481 e. The van der Waals surface area contributed by atoms with Crippen LogP contribution in [0.2, 0.25) is 0 Å². The SMILES string of the molecule is CCCC(CCNC(=O)NCc1cncs1)CCC(=O)O. The molecule has 0 radical (unpaired) electrons. The fourth-order valence-electron chi connectivity index (χ4n) is 2.12. The van der Waals surface area contributed by atoms with Crippen molar-refractivity contribution in [1.82, 2.24) is 15.6 Å². The molecule has 1 unspecified atom stereocenters. The number of nitrogens with zero attached hydrogens (tertiary/aromatic N) is 1. The zero-order chi connectivity index (χ0) is 15.5. The number of urea groups is 1. The van der Waals surface area contributed by atoms with Crippen LogP contribution in [0.1, 0.15) is 43.9 Å². The maximum Gasteiger partial charge on any atom is 0.315 e.